The molecular weight excluding hydrogens is 488 g/mol. The molecule has 1 heterocycles. The molecular formula is C9H15F6N3O8S3. The highest BCUT2D eigenvalue weighted by Crippen LogP contribution is 2.52. The molecule has 0 aliphatic carbocycles. The summed E-state index contributed by atoms with van der Waals surface area (Å²) in [4.78, 5) is 11.2. The Labute approximate surface area is 161 Å². The molecule has 1 fully saturated rings. The molecule has 1 saturated heterocycles. The van der Waals surface area contributed by atoms with Crippen LogP contribution in [0, 0.1) is 0 Å². The van der Waals surface area contributed by atoms with Crippen LogP contribution in [-0.2, 0) is 30.4 Å². The number of sulfonamides is 2. The minimum absolute atomic E-state index is 0.0130. The summed E-state index contributed by atoms with van der Waals surface area (Å²) in [5.41, 5.74) is 0. The lowest BCUT2D eigenvalue weighted by Gasteiger charge is -2.41. The van der Waals surface area contributed by atoms with Gasteiger partial charge in [-0.3, -0.25) is 4.55 Å². The predicted molar refractivity (Wildman–Crippen MR) is 85.1 cm³/mol. The summed E-state index contributed by atoms with van der Waals surface area (Å²) in [7, 11) is -18.8. The summed E-state index contributed by atoms with van der Waals surface area (Å²) in [5, 5.41) is -4.74. The predicted octanol–water partition coefficient (Wildman–Crippen LogP) is -0.613. The van der Waals surface area contributed by atoms with Crippen LogP contribution in [-0.4, -0.2) is 94.9 Å². The quantitative estimate of drug-likeness (QED) is 0.264. The highest BCUT2D eigenvalue weighted by atomic mass is 32.3. The van der Waals surface area contributed by atoms with E-state index in [1.54, 1.807) is 0 Å². The molecule has 0 aromatic rings. The number of nitrogens with one attached hydrogen (secondary N) is 1. The van der Waals surface area contributed by atoms with Crippen LogP contribution in [0.4, 0.5) is 31.1 Å². The number of hydrogen-bond acceptors (Lipinski definition) is 6. The third-order valence-electron chi connectivity index (χ3n) is 3.59. The number of alkyl halides is 6. The van der Waals surface area contributed by atoms with Gasteiger partial charge in [-0.2, -0.15) is 34.9 Å². The average Bonchev–Trinajstić information content (AvgIpc) is 2.51. The molecule has 1 aliphatic rings. The molecule has 29 heavy (non-hydrogen) atoms. The topological polar surface area (TPSA) is 161 Å². The molecule has 0 spiro atoms. The van der Waals surface area contributed by atoms with Crippen LogP contribution >= 0.6 is 0 Å². The van der Waals surface area contributed by atoms with Gasteiger partial charge in [0.1, 0.15) is 0 Å². The van der Waals surface area contributed by atoms with Crippen LogP contribution in [0.1, 0.15) is 0 Å². The van der Waals surface area contributed by atoms with Gasteiger partial charge in [0.25, 0.3) is 10.0 Å². The Hall–Kier alpha value is -1.22. The molecule has 11 nitrogen and oxygen atoms in total. The molecule has 3 N–H and O–H groups in total. The van der Waals surface area contributed by atoms with Crippen LogP contribution in [0.3, 0.4) is 0 Å². The zero-order valence-corrected chi connectivity index (χ0v) is 16.6. The van der Waals surface area contributed by atoms with Crippen molar-refractivity contribution < 1.29 is 61.8 Å². The van der Waals surface area contributed by atoms with Crippen molar-refractivity contribution in [3.8, 4) is 0 Å². The van der Waals surface area contributed by atoms with Crippen LogP contribution < -0.4 is 4.13 Å². The van der Waals surface area contributed by atoms with E-state index in [0.717, 1.165) is 0 Å². The fourth-order valence-corrected chi connectivity index (χ4v) is 6.37. The number of hydrogen-bond donors (Lipinski definition) is 4. The Kier molecular flexibility index (Phi) is 6.66. The molecule has 20 heteroatoms. The fraction of sp³-hybridized carbons (Fsp3) is 0.889. The maximum atomic E-state index is 14.1. The van der Waals surface area contributed by atoms with Gasteiger partial charge in [-0.1, -0.05) is 10.4 Å². The lowest BCUT2D eigenvalue weighted by atomic mass is 10.3. The van der Waals surface area contributed by atoms with Crippen molar-refractivity contribution in [2.24, 2.45) is 0 Å². The molecule has 1 rings (SSSR count). The summed E-state index contributed by atoms with van der Waals surface area (Å²) in [6.45, 7) is -3.68. The third-order valence-corrected chi connectivity index (χ3v) is 8.89. The van der Waals surface area contributed by atoms with Crippen molar-refractivity contribution in [3.63, 3.8) is 0 Å². The summed E-state index contributed by atoms with van der Waals surface area (Å²) >= 11 is 0. The number of halogens is 6. The normalized spacial score (nSPS) is 19.2. The summed E-state index contributed by atoms with van der Waals surface area (Å²) in [6.07, 6.45) is -1.60. The molecule has 0 radical (unpaired) electrons. The largest absolute Gasteiger partial charge is 0.465 e. The van der Waals surface area contributed by atoms with E-state index < -0.39 is 79.2 Å². The van der Waals surface area contributed by atoms with E-state index in [-0.39, 0.29) is 14.7 Å². The second-order valence-electron chi connectivity index (χ2n) is 5.75. The maximum Gasteiger partial charge on any atom is 0.429 e. The summed E-state index contributed by atoms with van der Waals surface area (Å²) in [6, 6.07) is 0. The van der Waals surface area contributed by atoms with Gasteiger partial charge in [-0.05, 0) is 0 Å². The van der Waals surface area contributed by atoms with Crippen molar-refractivity contribution >= 4 is 36.5 Å². The highest BCUT2D eigenvalue weighted by molar-refractivity contribution is 8.08. The van der Waals surface area contributed by atoms with E-state index in [1.807, 2.05) is 0 Å². The number of nitrogens with zero attached hydrogens (tertiary/aromatic N) is 2. The summed E-state index contributed by atoms with van der Waals surface area (Å²) in [5.74, 6) is -7.05. The molecule has 0 saturated carbocycles. The van der Waals surface area contributed by atoms with E-state index in [9.17, 15) is 52.2 Å². The highest BCUT2D eigenvalue weighted by Gasteiger charge is 2.81. The summed E-state index contributed by atoms with van der Waals surface area (Å²) < 4.78 is 149. The number of carboxylic acid groups (broad SMARTS) is 1. The number of thiol groups is 1. The smallest absolute Gasteiger partial charge is 0.429 e. The van der Waals surface area contributed by atoms with Gasteiger partial charge in [-0.15, -0.1) is 4.13 Å². The SMILES string of the molecule is CS(=O)(=O)N[SH](=O)(O)C(F)(F)C(F)(F)C(F)(F)S(=O)(=O)N1CCN(C(=O)O)CC1. The Bertz CT molecular complexity index is 916. The number of amides is 1. The second kappa shape index (κ2) is 7.48. The van der Waals surface area contributed by atoms with E-state index in [4.69, 9.17) is 9.66 Å². The molecule has 174 valence electrons. The van der Waals surface area contributed by atoms with E-state index in [1.165, 1.54) is 0 Å². The first-order valence-corrected chi connectivity index (χ1v) is 12.0. The molecule has 1 amide bonds. The van der Waals surface area contributed by atoms with E-state index in [2.05, 4.69) is 0 Å². The molecule has 0 unspecified atom stereocenters. The van der Waals surface area contributed by atoms with Gasteiger partial charge in [-0.25, -0.2) is 21.6 Å². The first-order chi connectivity index (χ1) is 12.6. The monoisotopic (exact) mass is 503 g/mol. The third kappa shape index (κ3) is 4.45. The Morgan fingerprint density at radius 2 is 1.41 bits per heavy atom. The van der Waals surface area contributed by atoms with Gasteiger partial charge in [0.05, 0.1) is 6.26 Å². The van der Waals surface area contributed by atoms with Crippen LogP contribution in [0.2, 0.25) is 0 Å². The molecule has 1 aliphatic heterocycles. The van der Waals surface area contributed by atoms with Crippen molar-refractivity contribution in [1.82, 2.24) is 13.3 Å². The number of carbonyl (C=O) groups is 1. The Balaban J connectivity index is 3.34. The fourth-order valence-electron chi connectivity index (χ4n) is 2.09. The van der Waals surface area contributed by atoms with Gasteiger partial charge in [0.2, 0.25) is 10.0 Å². The lowest BCUT2D eigenvalue weighted by Crippen LogP contribution is -2.67. The van der Waals surface area contributed by atoms with Gasteiger partial charge in [0, 0.05) is 26.2 Å². The minimum atomic E-state index is -7.14. The van der Waals surface area contributed by atoms with Crippen LogP contribution in [0.15, 0.2) is 0 Å². The standard InChI is InChI=1S/C9H15F6N3O8S3/c1-27(21,22)16-28(23,24)8(12,13)7(10,11)9(14,15)29(25,26)18-4-2-17(3-5-18)6(19)20/h28H,2-5H2,1H3,(H,19,20)(H2,16,23,24). The first kappa shape index (κ1) is 25.8. The zero-order valence-electron chi connectivity index (χ0n) is 14.1. The van der Waals surface area contributed by atoms with E-state index in [0.29, 0.717) is 4.90 Å². The molecule has 0 aromatic heterocycles. The first-order valence-electron chi connectivity index (χ1n) is 7.05. The van der Waals surface area contributed by atoms with Gasteiger partial charge >= 0.3 is 22.5 Å². The Morgan fingerprint density at radius 1 is 1.00 bits per heavy atom. The van der Waals surface area contributed by atoms with Crippen molar-refractivity contribution in [2.75, 3.05) is 32.4 Å². The maximum absolute atomic E-state index is 14.1. The van der Waals surface area contributed by atoms with Crippen molar-refractivity contribution in [1.29, 1.82) is 0 Å². The average molecular weight is 503 g/mol. The van der Waals surface area contributed by atoms with Crippen LogP contribution in [0.25, 0.3) is 0 Å². The molecule has 0 atom stereocenters. The van der Waals surface area contributed by atoms with Gasteiger partial charge in [0.15, 0.2) is 0 Å². The molecule has 0 aromatic carbocycles. The number of piperazine rings is 1. The van der Waals surface area contributed by atoms with Crippen molar-refractivity contribution in [2.45, 2.75) is 16.4 Å². The minimum Gasteiger partial charge on any atom is -0.465 e. The molecule has 0 bridgehead atoms. The number of rotatable bonds is 7. The van der Waals surface area contributed by atoms with E-state index >= 15 is 0 Å². The van der Waals surface area contributed by atoms with Crippen LogP contribution in [0.5, 0.6) is 0 Å². The second-order valence-corrected chi connectivity index (χ2v) is 11.7. The lowest BCUT2D eigenvalue weighted by molar-refractivity contribution is -0.246. The Morgan fingerprint density at radius 3 is 1.76 bits per heavy atom. The van der Waals surface area contributed by atoms with Gasteiger partial charge < -0.3 is 10.0 Å². The zero-order chi connectivity index (χ0) is 23.3. The van der Waals surface area contributed by atoms with Crippen molar-refractivity contribution in [3.05, 3.63) is 0 Å².